The number of Topliss-reactive ketones (excluding diaryl/α,β-unsaturated/α-hetero) is 1. The van der Waals surface area contributed by atoms with E-state index in [1.165, 1.54) is 5.56 Å². The number of nitrogens with zero attached hydrogens (tertiary/aromatic N) is 2. The second-order valence-corrected chi connectivity index (χ2v) is 7.66. The molecule has 1 aliphatic heterocycles. The Morgan fingerprint density at radius 2 is 1.48 bits per heavy atom. The second-order valence-electron chi connectivity index (χ2n) is 7.66. The van der Waals surface area contributed by atoms with Gasteiger partial charge in [0.15, 0.2) is 5.78 Å². The molecule has 3 rings (SSSR count). The van der Waals surface area contributed by atoms with Crippen molar-refractivity contribution >= 4 is 11.7 Å². The highest BCUT2D eigenvalue weighted by Gasteiger charge is 2.39. The molecule has 0 aromatic heterocycles. The van der Waals surface area contributed by atoms with Gasteiger partial charge >= 0.3 is 0 Å². The summed E-state index contributed by atoms with van der Waals surface area (Å²) in [4.78, 5) is 27.5. The Kier molecular flexibility index (Phi) is 8.55. The minimum absolute atomic E-state index is 0.121. The number of rotatable bonds is 5. The van der Waals surface area contributed by atoms with E-state index in [4.69, 9.17) is 4.74 Å². The zero-order valence-electron chi connectivity index (χ0n) is 17.9. The molecule has 0 aliphatic carbocycles. The third kappa shape index (κ3) is 6.51. The third-order valence-corrected chi connectivity index (χ3v) is 5.32. The van der Waals surface area contributed by atoms with E-state index in [1.54, 1.807) is 6.92 Å². The van der Waals surface area contributed by atoms with Crippen LogP contribution in [0.15, 0.2) is 60.7 Å². The first-order valence-electron chi connectivity index (χ1n) is 9.99. The number of hydrogen-bond donors (Lipinski definition) is 0. The van der Waals surface area contributed by atoms with Crippen molar-refractivity contribution in [1.82, 2.24) is 9.80 Å². The zero-order chi connectivity index (χ0) is 21.3. The number of benzene rings is 2. The number of morpholine rings is 1. The number of likely N-dealkylation sites (N-methyl/N-ethyl adjacent to an activating group) is 1. The maximum absolute atomic E-state index is 12.9. The number of hydrogen-bond acceptors (Lipinski definition) is 4. The van der Waals surface area contributed by atoms with Gasteiger partial charge in [-0.15, -0.1) is 0 Å². The van der Waals surface area contributed by atoms with Crippen molar-refractivity contribution in [3.05, 3.63) is 71.8 Å². The average molecular weight is 397 g/mol. The van der Waals surface area contributed by atoms with Crippen LogP contribution in [-0.2, 0) is 16.0 Å². The Morgan fingerprint density at radius 3 is 1.93 bits per heavy atom. The Hall–Kier alpha value is -2.50. The summed E-state index contributed by atoms with van der Waals surface area (Å²) in [5.74, 6) is 0.310. The molecular weight excluding hydrogens is 364 g/mol. The molecule has 5 nitrogen and oxygen atoms in total. The molecule has 1 atom stereocenters. The van der Waals surface area contributed by atoms with E-state index in [1.807, 2.05) is 79.3 Å². The minimum Gasteiger partial charge on any atom is -0.378 e. The van der Waals surface area contributed by atoms with Gasteiger partial charge < -0.3 is 9.64 Å². The number of carbonyl (C=O) groups is 2. The smallest absolute Gasteiger partial charge is 0.243 e. The molecule has 2 aromatic rings. The van der Waals surface area contributed by atoms with Crippen LogP contribution in [0.3, 0.4) is 0 Å². The SMILES string of the molecule is CC(=O)c1ccccc1.CN(C)C(C)(Cc1ccccc1)C(=O)N1CCOCC1. The van der Waals surface area contributed by atoms with Crippen molar-refractivity contribution in [2.75, 3.05) is 40.4 Å². The lowest BCUT2D eigenvalue weighted by molar-refractivity contribution is -0.146. The Labute approximate surface area is 174 Å². The van der Waals surface area contributed by atoms with Gasteiger partial charge in [-0.3, -0.25) is 14.5 Å². The van der Waals surface area contributed by atoms with Crippen LogP contribution in [0.5, 0.6) is 0 Å². The predicted octanol–water partition coefficient (Wildman–Crippen LogP) is 3.30. The Balaban J connectivity index is 0.000000278. The summed E-state index contributed by atoms with van der Waals surface area (Å²) in [6, 6.07) is 19.4. The zero-order valence-corrected chi connectivity index (χ0v) is 17.9. The molecule has 0 radical (unpaired) electrons. The molecule has 0 saturated carbocycles. The molecule has 2 aromatic carbocycles. The number of carbonyl (C=O) groups excluding carboxylic acids is 2. The molecule has 1 fully saturated rings. The molecule has 1 amide bonds. The van der Waals surface area contributed by atoms with Crippen LogP contribution in [0.1, 0.15) is 29.8 Å². The number of ketones is 1. The standard InChI is InChI=1S/C16H24N2O2.C8H8O/c1-16(17(2)3,13-14-7-5-4-6-8-14)15(19)18-9-11-20-12-10-18;1-7(9)8-5-3-2-4-6-8/h4-8H,9-13H2,1-3H3;2-6H,1H3. The van der Waals surface area contributed by atoms with Gasteiger partial charge in [0.25, 0.3) is 0 Å². The van der Waals surface area contributed by atoms with Crippen LogP contribution in [0.4, 0.5) is 0 Å². The maximum atomic E-state index is 12.9. The summed E-state index contributed by atoms with van der Waals surface area (Å²) in [5.41, 5.74) is 1.45. The average Bonchev–Trinajstić information content (AvgIpc) is 2.75. The monoisotopic (exact) mass is 396 g/mol. The fraction of sp³-hybridized carbons (Fsp3) is 0.417. The molecule has 1 heterocycles. The fourth-order valence-corrected chi connectivity index (χ4v) is 3.20. The summed E-state index contributed by atoms with van der Waals surface area (Å²) < 4.78 is 5.33. The summed E-state index contributed by atoms with van der Waals surface area (Å²) >= 11 is 0. The van der Waals surface area contributed by atoms with Crippen LogP contribution in [0, 0.1) is 0 Å². The third-order valence-electron chi connectivity index (χ3n) is 5.32. The largest absolute Gasteiger partial charge is 0.378 e. The van der Waals surface area contributed by atoms with E-state index >= 15 is 0 Å². The highest BCUT2D eigenvalue weighted by molar-refractivity contribution is 5.93. The molecule has 5 heteroatoms. The Bertz CT molecular complexity index is 771. The number of ether oxygens (including phenoxy) is 1. The molecule has 1 unspecified atom stereocenters. The van der Waals surface area contributed by atoms with Crippen LogP contribution >= 0.6 is 0 Å². The van der Waals surface area contributed by atoms with Crippen LogP contribution < -0.4 is 0 Å². The van der Waals surface area contributed by atoms with Crippen molar-refractivity contribution in [1.29, 1.82) is 0 Å². The van der Waals surface area contributed by atoms with Gasteiger partial charge in [-0.25, -0.2) is 0 Å². The molecule has 29 heavy (non-hydrogen) atoms. The van der Waals surface area contributed by atoms with Crippen molar-refractivity contribution in [3.63, 3.8) is 0 Å². The van der Waals surface area contributed by atoms with Crippen LogP contribution in [-0.4, -0.2) is 67.4 Å². The highest BCUT2D eigenvalue weighted by atomic mass is 16.5. The van der Waals surface area contributed by atoms with E-state index in [0.29, 0.717) is 26.3 Å². The molecular formula is C24H32N2O3. The van der Waals surface area contributed by atoms with Crippen molar-refractivity contribution in [2.45, 2.75) is 25.8 Å². The molecule has 1 saturated heterocycles. The van der Waals surface area contributed by atoms with Gasteiger partial charge in [0, 0.05) is 18.7 Å². The van der Waals surface area contributed by atoms with E-state index < -0.39 is 5.54 Å². The summed E-state index contributed by atoms with van der Waals surface area (Å²) in [6.45, 7) is 6.25. The number of amides is 1. The fourth-order valence-electron chi connectivity index (χ4n) is 3.20. The van der Waals surface area contributed by atoms with Crippen LogP contribution in [0.25, 0.3) is 0 Å². The normalized spacial score (nSPS) is 15.8. The second kappa shape index (κ2) is 10.9. The molecule has 0 spiro atoms. The van der Waals surface area contributed by atoms with Crippen molar-refractivity contribution < 1.29 is 14.3 Å². The van der Waals surface area contributed by atoms with E-state index in [-0.39, 0.29) is 11.7 Å². The van der Waals surface area contributed by atoms with Gasteiger partial charge in [0.1, 0.15) is 5.54 Å². The summed E-state index contributed by atoms with van der Waals surface area (Å²) in [6.07, 6.45) is 0.719. The lowest BCUT2D eigenvalue weighted by Crippen LogP contribution is -2.58. The van der Waals surface area contributed by atoms with E-state index in [2.05, 4.69) is 12.1 Å². The lowest BCUT2D eigenvalue weighted by Gasteiger charge is -2.40. The quantitative estimate of drug-likeness (QED) is 0.728. The van der Waals surface area contributed by atoms with Gasteiger partial charge in [-0.1, -0.05) is 60.7 Å². The van der Waals surface area contributed by atoms with E-state index in [9.17, 15) is 9.59 Å². The molecule has 156 valence electrons. The lowest BCUT2D eigenvalue weighted by atomic mass is 9.89. The minimum atomic E-state index is -0.515. The molecule has 1 aliphatic rings. The van der Waals surface area contributed by atoms with Gasteiger partial charge in [0.2, 0.25) is 5.91 Å². The predicted molar refractivity (Wildman–Crippen MR) is 116 cm³/mol. The van der Waals surface area contributed by atoms with Crippen molar-refractivity contribution in [3.8, 4) is 0 Å². The summed E-state index contributed by atoms with van der Waals surface area (Å²) in [7, 11) is 3.95. The van der Waals surface area contributed by atoms with Crippen molar-refractivity contribution in [2.24, 2.45) is 0 Å². The van der Waals surface area contributed by atoms with Gasteiger partial charge in [0.05, 0.1) is 13.2 Å². The maximum Gasteiger partial charge on any atom is 0.243 e. The first kappa shape index (κ1) is 22.8. The van der Waals surface area contributed by atoms with Gasteiger partial charge in [-0.05, 0) is 39.9 Å². The summed E-state index contributed by atoms with van der Waals surface area (Å²) in [5, 5.41) is 0. The van der Waals surface area contributed by atoms with Gasteiger partial charge in [-0.2, -0.15) is 0 Å². The topological polar surface area (TPSA) is 49.9 Å². The highest BCUT2D eigenvalue weighted by Crippen LogP contribution is 2.22. The first-order chi connectivity index (χ1) is 13.8. The first-order valence-corrected chi connectivity index (χ1v) is 9.99. The van der Waals surface area contributed by atoms with E-state index in [0.717, 1.165) is 12.0 Å². The van der Waals surface area contributed by atoms with Crippen LogP contribution in [0.2, 0.25) is 0 Å². The molecule has 0 bridgehead atoms. The Morgan fingerprint density at radius 1 is 0.966 bits per heavy atom. The molecule has 0 N–H and O–H groups in total.